The Balaban J connectivity index is 2.18. The number of carbonyl (C=O) groups is 1. The molecule has 64 heavy (non-hydrogen) atoms. The Hall–Kier alpha value is -4.94. The molecule has 348 valence electrons. The standard InChI is InChI=1S/C42H39BF15N2O3P/c1-16(2)18-12-11-13-19(17(3)4)38(18)59-14-15-60(64(62,41(5,6)7)42(8,9)10)39(59)40(61)63-43(20-23(44)29(50)35(56)30(51)24(20)45,21-25(46)31(52)36(57)32(53)26(21)47)22-27(48)33(54)37(58)34(55)28(22)49/h11-13,16-17H,14-15H2,1-10H3. The quantitative estimate of drug-likeness (QED) is 0.0552. The van der Waals surface area contributed by atoms with Crippen molar-refractivity contribution in [1.82, 2.24) is 0 Å². The van der Waals surface area contributed by atoms with Crippen LogP contribution in [-0.2, 0) is 14.0 Å². The summed E-state index contributed by atoms with van der Waals surface area (Å²) in [7, 11) is -4.38. The number of anilines is 1. The van der Waals surface area contributed by atoms with Crippen LogP contribution in [0.15, 0.2) is 18.2 Å². The average molecular weight is 947 g/mol. The third-order valence-corrected chi connectivity index (χ3v) is 15.9. The first-order valence-corrected chi connectivity index (χ1v) is 21.0. The van der Waals surface area contributed by atoms with Gasteiger partial charge >= 0.3 is 11.8 Å². The van der Waals surface area contributed by atoms with E-state index in [4.69, 9.17) is 4.65 Å². The normalized spacial score (nSPS) is 14.2. The van der Waals surface area contributed by atoms with E-state index >= 15 is 62.0 Å². The van der Waals surface area contributed by atoms with Crippen molar-refractivity contribution in [3.63, 3.8) is 0 Å². The number of halogens is 15. The lowest BCUT2D eigenvalue weighted by atomic mass is 9.27. The number of nitrogens with zero attached hydrogens (tertiary/aromatic N) is 2. The van der Waals surface area contributed by atoms with Gasteiger partial charge in [-0.3, -0.25) is 4.57 Å². The topological polar surface area (TPSA) is 49.6 Å². The van der Waals surface area contributed by atoms with E-state index in [0.29, 0.717) is 11.1 Å². The van der Waals surface area contributed by atoms with Gasteiger partial charge in [-0.15, -0.1) is 0 Å². The van der Waals surface area contributed by atoms with Crippen LogP contribution in [0.3, 0.4) is 0 Å². The van der Waals surface area contributed by atoms with Gasteiger partial charge in [0.05, 0.1) is 10.3 Å². The molecule has 0 amide bonds. The number of hydrogen-bond donors (Lipinski definition) is 0. The molecular weight excluding hydrogens is 907 g/mol. The van der Waals surface area contributed by atoms with Crippen LogP contribution in [0.4, 0.5) is 71.5 Å². The fraction of sp³-hybridized carbons (Fsp3) is 0.381. The van der Waals surface area contributed by atoms with Crippen LogP contribution in [0.1, 0.15) is 92.2 Å². The highest BCUT2D eigenvalue weighted by Gasteiger charge is 2.59. The van der Waals surface area contributed by atoms with Crippen molar-refractivity contribution in [2.24, 2.45) is 0 Å². The van der Waals surface area contributed by atoms with Crippen molar-refractivity contribution in [2.45, 2.75) is 91.4 Å². The van der Waals surface area contributed by atoms with E-state index in [9.17, 15) is 13.2 Å². The first-order chi connectivity index (χ1) is 29.3. The molecule has 0 unspecified atom stereocenters. The number of rotatable bonds is 9. The molecule has 0 bridgehead atoms. The second-order valence-corrected chi connectivity index (χ2v) is 22.1. The van der Waals surface area contributed by atoms with Gasteiger partial charge in [-0.05, 0) is 53.4 Å². The molecule has 1 heterocycles. The molecule has 5 nitrogen and oxygen atoms in total. The molecule has 22 heteroatoms. The summed E-state index contributed by atoms with van der Waals surface area (Å²) in [5, 5.41) is -2.89. The molecule has 0 radical (unpaired) electrons. The molecule has 0 saturated carbocycles. The van der Waals surface area contributed by atoms with Crippen LogP contribution in [0, 0.1) is 87.3 Å². The van der Waals surface area contributed by atoms with Crippen LogP contribution >= 0.6 is 7.29 Å². The largest absolute Gasteiger partial charge is 0.667 e. The number of carbonyl (C=O) groups excluding carboxylic acids is 1. The molecule has 0 spiro atoms. The van der Waals surface area contributed by atoms with Gasteiger partial charge in [0, 0.05) is 11.1 Å². The van der Waals surface area contributed by atoms with Gasteiger partial charge < -0.3 is 4.65 Å². The lowest BCUT2D eigenvalue weighted by Gasteiger charge is -2.44. The van der Waals surface area contributed by atoms with Crippen LogP contribution in [0.25, 0.3) is 0 Å². The van der Waals surface area contributed by atoms with Crippen LogP contribution < -0.4 is 21.3 Å². The van der Waals surface area contributed by atoms with Gasteiger partial charge in [-0.25, -0.2) is 79.9 Å². The molecule has 1 aliphatic heterocycles. The molecule has 1 aliphatic rings. The Morgan fingerprint density at radius 2 is 0.844 bits per heavy atom. The SMILES string of the molecule is CC(C)c1cccc(C(C)C)c1N1CC[N+](P(=O)(C(C)(C)C)C(C)(C)C)=C1C(=O)O[B-](c1c(F)c(F)c(F)c(F)c1F)(c1c(F)c(F)c(F)c(F)c1F)c1c(F)c(F)c(F)c(F)c1F. The molecule has 0 atom stereocenters. The number of amidine groups is 1. The van der Waals surface area contributed by atoms with Gasteiger partial charge in [-0.1, -0.05) is 62.3 Å². The van der Waals surface area contributed by atoms with Crippen molar-refractivity contribution >= 4 is 47.5 Å². The maximum atomic E-state index is 16.4. The minimum absolute atomic E-state index is 0.0816. The summed E-state index contributed by atoms with van der Waals surface area (Å²) in [5.41, 5.74) is -8.50. The Kier molecular flexibility index (Phi) is 13.1. The average Bonchev–Trinajstić information content (AvgIpc) is 3.66. The number of benzene rings is 4. The first-order valence-electron chi connectivity index (χ1n) is 19.4. The molecule has 0 N–H and O–H groups in total. The Bertz CT molecular complexity index is 2410. The maximum Gasteiger partial charge on any atom is 0.375 e. The van der Waals surface area contributed by atoms with E-state index in [1.165, 1.54) is 41.5 Å². The van der Waals surface area contributed by atoms with E-state index in [1.54, 1.807) is 45.9 Å². The van der Waals surface area contributed by atoms with E-state index in [2.05, 4.69) is 0 Å². The fourth-order valence-corrected chi connectivity index (χ4v) is 12.9. The van der Waals surface area contributed by atoms with Crippen LogP contribution in [-0.4, -0.2) is 45.9 Å². The lowest BCUT2D eigenvalue weighted by Crippen LogP contribution is -2.76. The van der Waals surface area contributed by atoms with E-state index < -0.39 is 164 Å². The zero-order valence-electron chi connectivity index (χ0n) is 35.6. The van der Waals surface area contributed by atoms with Gasteiger partial charge in [0.2, 0.25) is 0 Å². The van der Waals surface area contributed by atoms with Crippen molar-refractivity contribution in [1.29, 1.82) is 0 Å². The van der Waals surface area contributed by atoms with Crippen molar-refractivity contribution < 1.29 is 84.2 Å². The molecule has 0 saturated heterocycles. The first kappa shape index (κ1) is 50.1. The third-order valence-electron chi connectivity index (χ3n) is 11.2. The van der Waals surface area contributed by atoms with Gasteiger partial charge in [0.25, 0.3) is 13.6 Å². The zero-order chi connectivity index (χ0) is 48.8. The summed E-state index contributed by atoms with van der Waals surface area (Å²) in [4.78, 5) is 16.5. The highest BCUT2D eigenvalue weighted by molar-refractivity contribution is 7.61. The van der Waals surface area contributed by atoms with Gasteiger partial charge in [0.1, 0.15) is 53.7 Å². The molecule has 4 aromatic rings. The molecule has 4 aromatic carbocycles. The second kappa shape index (κ2) is 16.8. The van der Waals surface area contributed by atoms with Crippen LogP contribution in [0.2, 0.25) is 0 Å². The summed E-state index contributed by atoms with van der Waals surface area (Å²) < 4.78 is 256. The fourth-order valence-electron chi connectivity index (χ4n) is 8.57. The Labute approximate surface area is 357 Å². The molecule has 0 aliphatic carbocycles. The summed E-state index contributed by atoms with van der Waals surface area (Å²) in [6, 6.07) is 4.70. The molecule has 0 fully saturated rings. The molecule has 5 rings (SSSR count). The summed E-state index contributed by atoms with van der Waals surface area (Å²) in [6.45, 7) is 14.3. The zero-order valence-corrected chi connectivity index (χ0v) is 36.5. The maximum absolute atomic E-state index is 16.4. The smallest absolute Gasteiger partial charge is 0.375 e. The van der Waals surface area contributed by atoms with Crippen LogP contribution in [0.5, 0.6) is 0 Å². The van der Waals surface area contributed by atoms with Crippen molar-refractivity contribution in [2.75, 3.05) is 18.0 Å². The van der Waals surface area contributed by atoms with E-state index in [1.807, 2.05) is 0 Å². The summed E-state index contributed by atoms with van der Waals surface area (Å²) >= 11 is 0. The predicted octanol–water partition coefficient (Wildman–Crippen LogP) is 10.3. The van der Waals surface area contributed by atoms with E-state index in [-0.39, 0.29) is 5.69 Å². The molecular formula is C42H39BF15N2O3P. The number of hydrogen-bond acceptors (Lipinski definition) is 4. The van der Waals surface area contributed by atoms with Crippen molar-refractivity contribution in [3.8, 4) is 0 Å². The Morgan fingerprint density at radius 1 is 0.562 bits per heavy atom. The highest BCUT2D eigenvalue weighted by Crippen LogP contribution is 2.68. The third kappa shape index (κ3) is 7.27. The van der Waals surface area contributed by atoms with Crippen molar-refractivity contribution in [3.05, 3.63) is 117 Å². The second-order valence-electron chi connectivity index (χ2n) is 17.8. The van der Waals surface area contributed by atoms with Gasteiger partial charge in [0.15, 0.2) is 52.4 Å². The lowest BCUT2D eigenvalue weighted by molar-refractivity contribution is -0.367. The predicted molar refractivity (Wildman–Crippen MR) is 209 cm³/mol. The summed E-state index contributed by atoms with van der Waals surface area (Å²) in [5.74, 6) is -53.5. The monoisotopic (exact) mass is 946 g/mol. The minimum Gasteiger partial charge on any atom is -0.667 e. The Morgan fingerprint density at radius 3 is 1.11 bits per heavy atom. The minimum atomic E-state index is -6.76. The van der Waals surface area contributed by atoms with Gasteiger partial charge in [-0.2, -0.15) is 0 Å². The highest BCUT2D eigenvalue weighted by atomic mass is 31.2. The number of para-hydroxylation sites is 1. The summed E-state index contributed by atoms with van der Waals surface area (Å²) in [6.07, 6.45) is -6.76. The van der Waals surface area contributed by atoms with E-state index in [0.717, 1.165) is 9.25 Å². The molecule has 0 aromatic heterocycles.